The first-order valence-corrected chi connectivity index (χ1v) is 7.45. The summed E-state index contributed by atoms with van der Waals surface area (Å²) in [5, 5.41) is 2.76. The van der Waals surface area contributed by atoms with E-state index in [0.29, 0.717) is 11.4 Å². The Morgan fingerprint density at radius 2 is 1.77 bits per heavy atom. The van der Waals surface area contributed by atoms with Crippen molar-refractivity contribution in [1.29, 1.82) is 0 Å². The summed E-state index contributed by atoms with van der Waals surface area (Å²) < 4.78 is 0.867. The molecule has 4 nitrogen and oxygen atoms in total. The Balaban J connectivity index is 1.75. The topological polar surface area (TPSA) is 54.9 Å². The lowest BCUT2D eigenvalue weighted by Crippen LogP contribution is -2.12. The summed E-state index contributed by atoms with van der Waals surface area (Å²) in [5.74, 6) is 0.331. The Hall–Kier alpha value is -2.53. The van der Waals surface area contributed by atoms with Crippen molar-refractivity contribution in [2.45, 2.75) is 0 Å². The molecule has 0 unspecified atom stereocenters. The quantitative estimate of drug-likeness (QED) is 0.769. The fraction of sp³-hybridized carbons (Fsp3) is 0. The molecule has 0 fully saturated rings. The molecule has 0 aliphatic rings. The van der Waals surface area contributed by atoms with E-state index in [1.807, 2.05) is 30.3 Å². The molecule has 1 aromatic carbocycles. The van der Waals surface area contributed by atoms with Crippen LogP contribution in [0.2, 0.25) is 0 Å². The number of nitrogens with one attached hydrogen (secondary N) is 1. The molecular formula is C17H12BrN3O. The van der Waals surface area contributed by atoms with Crippen LogP contribution in [0.3, 0.4) is 0 Å². The molecule has 3 aromatic rings. The van der Waals surface area contributed by atoms with Crippen molar-refractivity contribution in [3.63, 3.8) is 0 Å². The molecule has 2 aromatic heterocycles. The summed E-state index contributed by atoms with van der Waals surface area (Å²) in [6.45, 7) is 0. The minimum Gasteiger partial charge on any atom is -0.307 e. The third-order valence-corrected chi connectivity index (χ3v) is 3.58. The minimum atomic E-state index is -0.187. The summed E-state index contributed by atoms with van der Waals surface area (Å²) in [6.07, 6.45) is 5.17. The Labute approximate surface area is 136 Å². The molecule has 1 N–H and O–H groups in total. The normalized spacial score (nSPS) is 10.2. The molecule has 0 aliphatic heterocycles. The molecule has 0 saturated heterocycles. The summed E-state index contributed by atoms with van der Waals surface area (Å²) in [7, 11) is 0. The number of aromatic nitrogens is 2. The van der Waals surface area contributed by atoms with Gasteiger partial charge in [-0.25, -0.2) is 4.98 Å². The van der Waals surface area contributed by atoms with Crippen molar-refractivity contribution in [3.8, 4) is 11.1 Å². The summed E-state index contributed by atoms with van der Waals surface area (Å²) >= 11 is 3.31. The van der Waals surface area contributed by atoms with E-state index in [-0.39, 0.29) is 5.91 Å². The molecule has 0 bridgehead atoms. The highest BCUT2D eigenvalue weighted by atomic mass is 79.9. The van der Waals surface area contributed by atoms with Crippen LogP contribution in [0, 0.1) is 0 Å². The Bertz CT molecular complexity index is 771. The average molecular weight is 354 g/mol. The van der Waals surface area contributed by atoms with Crippen LogP contribution in [-0.4, -0.2) is 15.9 Å². The molecule has 0 spiro atoms. The summed E-state index contributed by atoms with van der Waals surface area (Å²) in [6, 6.07) is 14.8. The van der Waals surface area contributed by atoms with E-state index in [0.717, 1.165) is 15.6 Å². The zero-order chi connectivity index (χ0) is 15.4. The molecule has 3 rings (SSSR count). The number of anilines is 1. The number of amides is 1. The van der Waals surface area contributed by atoms with Gasteiger partial charge in [0.1, 0.15) is 5.82 Å². The fourth-order valence-corrected chi connectivity index (χ4v) is 2.22. The van der Waals surface area contributed by atoms with Crippen molar-refractivity contribution < 1.29 is 4.79 Å². The van der Waals surface area contributed by atoms with E-state index in [1.165, 1.54) is 0 Å². The van der Waals surface area contributed by atoms with Gasteiger partial charge in [-0.3, -0.25) is 9.78 Å². The van der Waals surface area contributed by atoms with Gasteiger partial charge in [0.15, 0.2) is 0 Å². The van der Waals surface area contributed by atoms with Crippen LogP contribution < -0.4 is 5.32 Å². The molecular weight excluding hydrogens is 342 g/mol. The zero-order valence-corrected chi connectivity index (χ0v) is 13.1. The lowest BCUT2D eigenvalue weighted by Gasteiger charge is -2.06. The minimum absolute atomic E-state index is 0.187. The van der Waals surface area contributed by atoms with Gasteiger partial charge in [0.2, 0.25) is 0 Å². The van der Waals surface area contributed by atoms with E-state index in [4.69, 9.17) is 0 Å². The van der Waals surface area contributed by atoms with Gasteiger partial charge in [0.25, 0.3) is 5.91 Å². The number of halogens is 1. The van der Waals surface area contributed by atoms with Gasteiger partial charge in [-0.05, 0) is 57.4 Å². The van der Waals surface area contributed by atoms with Crippen molar-refractivity contribution >= 4 is 27.7 Å². The molecule has 1 amide bonds. The first kappa shape index (κ1) is 14.4. The van der Waals surface area contributed by atoms with Gasteiger partial charge in [0, 0.05) is 28.6 Å². The number of nitrogens with zero attached hydrogens (tertiary/aromatic N) is 2. The molecule has 0 saturated carbocycles. The second kappa shape index (κ2) is 6.49. The van der Waals surface area contributed by atoms with Crippen LogP contribution in [0.1, 0.15) is 10.4 Å². The largest absolute Gasteiger partial charge is 0.307 e. The maximum atomic E-state index is 12.2. The summed E-state index contributed by atoms with van der Waals surface area (Å²) in [5.41, 5.74) is 2.62. The number of hydrogen-bond acceptors (Lipinski definition) is 3. The van der Waals surface area contributed by atoms with Crippen LogP contribution in [0.25, 0.3) is 11.1 Å². The molecule has 0 atom stereocenters. The number of pyridine rings is 2. The second-order valence-electron chi connectivity index (χ2n) is 4.63. The number of benzene rings is 1. The predicted molar refractivity (Wildman–Crippen MR) is 89.6 cm³/mol. The summed E-state index contributed by atoms with van der Waals surface area (Å²) in [4.78, 5) is 20.4. The molecule has 0 aliphatic carbocycles. The van der Waals surface area contributed by atoms with Crippen LogP contribution in [-0.2, 0) is 0 Å². The maximum absolute atomic E-state index is 12.2. The highest BCUT2D eigenvalue weighted by Crippen LogP contribution is 2.19. The Morgan fingerprint density at radius 3 is 2.41 bits per heavy atom. The molecule has 5 heteroatoms. The predicted octanol–water partition coefficient (Wildman–Crippen LogP) is 4.16. The van der Waals surface area contributed by atoms with E-state index in [1.54, 1.807) is 36.8 Å². The Morgan fingerprint density at radius 1 is 0.955 bits per heavy atom. The zero-order valence-electron chi connectivity index (χ0n) is 11.5. The average Bonchev–Trinajstić information content (AvgIpc) is 2.58. The highest BCUT2D eigenvalue weighted by Gasteiger charge is 2.07. The van der Waals surface area contributed by atoms with Crippen molar-refractivity contribution in [3.05, 3.63) is 77.2 Å². The molecule has 2 heterocycles. The van der Waals surface area contributed by atoms with Crippen molar-refractivity contribution in [1.82, 2.24) is 9.97 Å². The first-order valence-electron chi connectivity index (χ1n) is 6.66. The van der Waals surface area contributed by atoms with Crippen LogP contribution in [0.4, 0.5) is 5.82 Å². The van der Waals surface area contributed by atoms with Gasteiger partial charge in [-0.1, -0.05) is 18.2 Å². The third-order valence-electron chi connectivity index (χ3n) is 3.11. The van der Waals surface area contributed by atoms with Crippen molar-refractivity contribution in [2.24, 2.45) is 0 Å². The van der Waals surface area contributed by atoms with E-state index >= 15 is 0 Å². The molecule has 0 radical (unpaired) electrons. The van der Waals surface area contributed by atoms with E-state index < -0.39 is 0 Å². The van der Waals surface area contributed by atoms with Crippen molar-refractivity contribution in [2.75, 3.05) is 5.32 Å². The lowest BCUT2D eigenvalue weighted by atomic mass is 10.1. The lowest BCUT2D eigenvalue weighted by molar-refractivity contribution is 0.102. The number of carbonyl (C=O) groups excluding carboxylic acids is 1. The molecule has 108 valence electrons. The molecule has 22 heavy (non-hydrogen) atoms. The monoisotopic (exact) mass is 353 g/mol. The van der Waals surface area contributed by atoms with E-state index in [9.17, 15) is 4.79 Å². The SMILES string of the molecule is O=C(Nc1ccc(Br)cn1)c1ccc(-c2cccnc2)cc1. The van der Waals surface area contributed by atoms with Gasteiger partial charge in [-0.2, -0.15) is 0 Å². The second-order valence-corrected chi connectivity index (χ2v) is 5.55. The third kappa shape index (κ3) is 3.38. The van der Waals surface area contributed by atoms with Crippen LogP contribution in [0.15, 0.2) is 71.6 Å². The standard InChI is InChI=1S/C17H12BrN3O/c18-15-7-8-16(20-11-15)21-17(22)13-5-3-12(4-6-13)14-2-1-9-19-10-14/h1-11H,(H,20,21,22). The fourth-order valence-electron chi connectivity index (χ4n) is 1.99. The number of rotatable bonds is 3. The highest BCUT2D eigenvalue weighted by molar-refractivity contribution is 9.10. The smallest absolute Gasteiger partial charge is 0.256 e. The van der Waals surface area contributed by atoms with Gasteiger partial charge in [-0.15, -0.1) is 0 Å². The maximum Gasteiger partial charge on any atom is 0.256 e. The van der Waals surface area contributed by atoms with Gasteiger partial charge in [0.05, 0.1) is 0 Å². The first-order chi connectivity index (χ1) is 10.7. The van der Waals surface area contributed by atoms with Gasteiger partial charge < -0.3 is 5.32 Å². The Kier molecular flexibility index (Phi) is 4.25. The van der Waals surface area contributed by atoms with Crippen LogP contribution in [0.5, 0.6) is 0 Å². The number of hydrogen-bond donors (Lipinski definition) is 1. The van der Waals surface area contributed by atoms with E-state index in [2.05, 4.69) is 31.2 Å². The number of carbonyl (C=O) groups is 1. The van der Waals surface area contributed by atoms with Gasteiger partial charge >= 0.3 is 0 Å². The van der Waals surface area contributed by atoms with Crippen LogP contribution >= 0.6 is 15.9 Å².